The summed E-state index contributed by atoms with van der Waals surface area (Å²) in [6.45, 7) is 9.50. The number of nitrogens with one attached hydrogen (secondary N) is 3. The van der Waals surface area contributed by atoms with Crippen LogP contribution in [0.3, 0.4) is 0 Å². The number of carbonyl (C=O) groups is 3. The molecular weight excluding hydrogens is 700 g/mol. The van der Waals surface area contributed by atoms with E-state index in [0.717, 1.165) is 27.9 Å². The van der Waals surface area contributed by atoms with Crippen molar-refractivity contribution < 1.29 is 32.7 Å². The number of hydrogen-bond acceptors (Lipinski definition) is 10. The zero-order valence-corrected chi connectivity index (χ0v) is 31.6. The molecular formula is C42H44N6O7. The maximum absolute atomic E-state index is 14.4. The molecule has 3 aliphatic rings. The molecule has 5 atom stereocenters. The molecule has 2 aromatic heterocycles. The Labute approximate surface area is 318 Å². The van der Waals surface area contributed by atoms with E-state index in [0.29, 0.717) is 22.9 Å². The minimum atomic E-state index is -1.03. The van der Waals surface area contributed by atoms with Crippen molar-refractivity contribution in [1.82, 2.24) is 25.5 Å². The molecule has 0 radical (unpaired) electrons. The number of likely N-dealkylation sites (N-methyl/N-ethyl adjacent to an activating group) is 1. The van der Waals surface area contributed by atoms with Gasteiger partial charge in [-0.1, -0.05) is 88.4 Å². The van der Waals surface area contributed by atoms with E-state index >= 15 is 0 Å². The van der Waals surface area contributed by atoms with E-state index in [9.17, 15) is 14.4 Å². The van der Waals surface area contributed by atoms with E-state index < -0.39 is 47.7 Å². The smallest absolute Gasteiger partial charge is 0.410 e. The van der Waals surface area contributed by atoms with E-state index in [2.05, 4.69) is 20.9 Å². The average molecular weight is 745 g/mol. The van der Waals surface area contributed by atoms with Gasteiger partial charge in [0.25, 0.3) is 0 Å². The molecule has 5 aromatic rings. The summed E-state index contributed by atoms with van der Waals surface area (Å²) >= 11 is 0. The Balaban J connectivity index is 1.20. The number of aromatic nitrogens is 2. The van der Waals surface area contributed by atoms with Crippen molar-refractivity contribution >= 4 is 23.6 Å². The van der Waals surface area contributed by atoms with Crippen LogP contribution in [-0.4, -0.2) is 58.1 Å². The monoisotopic (exact) mass is 744 g/mol. The van der Waals surface area contributed by atoms with Gasteiger partial charge in [-0.3, -0.25) is 14.5 Å². The van der Waals surface area contributed by atoms with Crippen molar-refractivity contribution in [2.75, 3.05) is 12.4 Å². The average Bonchev–Trinajstić information content (AvgIpc) is 3.93. The van der Waals surface area contributed by atoms with Crippen LogP contribution in [0.4, 0.5) is 10.5 Å². The van der Waals surface area contributed by atoms with Gasteiger partial charge in [0.15, 0.2) is 17.7 Å². The third kappa shape index (κ3) is 6.17. The molecule has 3 N–H and O–H groups in total. The second-order valence-electron chi connectivity index (χ2n) is 15.2. The number of anilines is 1. The molecule has 0 aliphatic carbocycles. The van der Waals surface area contributed by atoms with Gasteiger partial charge in [0, 0.05) is 24.7 Å². The third-order valence-electron chi connectivity index (χ3n) is 10.7. The van der Waals surface area contributed by atoms with Crippen LogP contribution in [0, 0.1) is 18.8 Å². The van der Waals surface area contributed by atoms with Crippen molar-refractivity contribution in [3.05, 3.63) is 119 Å². The Hall–Kier alpha value is -6.11. The zero-order valence-electron chi connectivity index (χ0n) is 31.6. The topological polar surface area (TPSA) is 161 Å². The molecule has 4 bridgehead atoms. The van der Waals surface area contributed by atoms with Crippen LogP contribution in [-0.2, 0) is 32.8 Å². The van der Waals surface area contributed by atoms with E-state index in [-0.39, 0.29) is 36.6 Å². The lowest BCUT2D eigenvalue weighted by Crippen LogP contribution is -2.56. The molecule has 13 heteroatoms. The lowest BCUT2D eigenvalue weighted by molar-refractivity contribution is -0.133. The van der Waals surface area contributed by atoms with Crippen molar-refractivity contribution in [2.45, 2.75) is 77.4 Å². The third-order valence-corrected chi connectivity index (χ3v) is 10.7. The first kappa shape index (κ1) is 35.9. The number of oxazole rings is 2. The van der Waals surface area contributed by atoms with E-state index in [1.54, 1.807) is 6.26 Å². The fraction of sp³-hybridized carbons (Fsp3) is 0.357. The van der Waals surface area contributed by atoms with Crippen LogP contribution in [0.5, 0.6) is 5.75 Å². The maximum atomic E-state index is 14.4. The van der Waals surface area contributed by atoms with Crippen LogP contribution in [0.2, 0.25) is 0 Å². The Morgan fingerprint density at radius 2 is 1.76 bits per heavy atom. The molecule has 13 nitrogen and oxygen atoms in total. The number of ether oxygens (including phenoxy) is 2. The fourth-order valence-corrected chi connectivity index (χ4v) is 8.03. The predicted octanol–water partition coefficient (Wildman–Crippen LogP) is 6.26. The largest absolute Gasteiger partial charge is 0.469 e. The first-order valence-corrected chi connectivity index (χ1v) is 18.6. The molecule has 1 spiro atoms. The summed E-state index contributed by atoms with van der Waals surface area (Å²) in [6, 6.07) is 20.4. The Morgan fingerprint density at radius 3 is 2.49 bits per heavy atom. The highest BCUT2D eigenvalue weighted by Crippen LogP contribution is 2.59. The van der Waals surface area contributed by atoms with Gasteiger partial charge in [0.1, 0.15) is 42.2 Å². The molecule has 8 rings (SSSR count). The van der Waals surface area contributed by atoms with Gasteiger partial charge in [-0.2, -0.15) is 0 Å². The molecule has 5 heterocycles. The molecule has 2 unspecified atom stereocenters. The summed E-state index contributed by atoms with van der Waals surface area (Å²) in [5, 5.41) is 9.71. The Bertz CT molecular complexity index is 2260. The number of rotatable bonds is 8. The maximum Gasteiger partial charge on any atom is 0.410 e. The van der Waals surface area contributed by atoms with Crippen LogP contribution >= 0.6 is 0 Å². The zero-order chi connectivity index (χ0) is 38.6. The summed E-state index contributed by atoms with van der Waals surface area (Å²) in [6.07, 6.45) is 0.465. The number of carbonyl (C=O) groups excluding carboxylic acids is 3. The minimum Gasteiger partial charge on any atom is -0.469 e. The number of fused-ring (bicyclic) bond motifs is 4. The summed E-state index contributed by atoms with van der Waals surface area (Å²) < 4.78 is 25.0. The van der Waals surface area contributed by atoms with Gasteiger partial charge >= 0.3 is 6.09 Å². The number of benzene rings is 3. The summed E-state index contributed by atoms with van der Waals surface area (Å²) in [4.78, 5) is 52.9. The van der Waals surface area contributed by atoms with E-state index in [1.807, 2.05) is 107 Å². The number of nitrogens with zero attached hydrogens (tertiary/aromatic N) is 3. The second kappa shape index (κ2) is 13.9. The van der Waals surface area contributed by atoms with Gasteiger partial charge in [0.2, 0.25) is 23.6 Å². The fourth-order valence-electron chi connectivity index (χ4n) is 8.03. The summed E-state index contributed by atoms with van der Waals surface area (Å²) in [5.74, 6) is 0.253. The second-order valence-corrected chi connectivity index (χ2v) is 15.2. The SMILES string of the molecule is Cc1coc(-c2nc3oc2C24c5ccccc5N[C@H]2Oc2ccc(cc24)C[C@H](NC(=O)C(C(C)C)N(C)C(=O)OCc2ccccc2)C(=O)N[C@H]3C(C)C)n1. The molecule has 0 fully saturated rings. The predicted molar refractivity (Wildman–Crippen MR) is 202 cm³/mol. The van der Waals surface area contributed by atoms with Crippen LogP contribution in [0.25, 0.3) is 11.6 Å². The number of aryl methyl sites for hydroxylation is 1. The Kier molecular flexibility index (Phi) is 9.10. The molecule has 3 amide bonds. The van der Waals surface area contributed by atoms with Crippen LogP contribution in [0.1, 0.15) is 73.3 Å². The normalized spacial score (nSPS) is 21.3. The highest BCUT2D eigenvalue weighted by atomic mass is 16.6. The van der Waals surface area contributed by atoms with Gasteiger partial charge < -0.3 is 34.3 Å². The first-order chi connectivity index (χ1) is 26.4. The van der Waals surface area contributed by atoms with Crippen molar-refractivity contribution in [3.63, 3.8) is 0 Å². The molecule has 0 saturated carbocycles. The van der Waals surface area contributed by atoms with Gasteiger partial charge in [0.05, 0.1) is 5.69 Å². The molecule has 284 valence electrons. The van der Waals surface area contributed by atoms with E-state index in [1.165, 1.54) is 11.9 Å². The van der Waals surface area contributed by atoms with Crippen LogP contribution < -0.4 is 20.7 Å². The molecule has 3 aromatic carbocycles. The summed E-state index contributed by atoms with van der Waals surface area (Å²) in [7, 11) is 1.53. The Morgan fingerprint density at radius 1 is 1.00 bits per heavy atom. The highest BCUT2D eigenvalue weighted by Gasteiger charge is 2.61. The summed E-state index contributed by atoms with van der Waals surface area (Å²) in [5.41, 5.74) is 4.29. The molecule has 55 heavy (non-hydrogen) atoms. The van der Waals surface area contributed by atoms with Crippen molar-refractivity contribution in [3.8, 4) is 17.3 Å². The van der Waals surface area contributed by atoms with E-state index in [4.69, 9.17) is 23.3 Å². The number of para-hydroxylation sites is 1. The van der Waals surface area contributed by atoms with Gasteiger partial charge in [-0.15, -0.1) is 0 Å². The quantitative estimate of drug-likeness (QED) is 0.165. The number of hydrogen-bond donors (Lipinski definition) is 3. The van der Waals surface area contributed by atoms with Gasteiger partial charge in [-0.25, -0.2) is 14.8 Å². The van der Waals surface area contributed by atoms with Gasteiger partial charge in [-0.05, 0) is 47.6 Å². The first-order valence-electron chi connectivity index (χ1n) is 18.6. The highest BCUT2D eigenvalue weighted by molar-refractivity contribution is 5.92. The standard InChI is InChI=1S/C42H44N6O7/c1-22(2)32-39-47-33(38-43-24(5)20-52-38)35(55-39)42-27-14-10-11-15-29(27)45-40(42)54-31-17-16-26(18-28(31)42)19-30(36(49)46-32)44-37(50)34(23(3)4)48(6)41(51)53-21-25-12-8-7-9-13-25/h7-18,20,22-23,30,32,34,40,45H,19,21H2,1-6H3,(H,44,50)(H,46,49)/t30-,32-,34?,40-,42?/m0/s1. The van der Waals surface area contributed by atoms with Crippen molar-refractivity contribution in [2.24, 2.45) is 11.8 Å². The lowest BCUT2D eigenvalue weighted by atomic mass is 9.72. The molecule has 0 saturated heterocycles. The lowest BCUT2D eigenvalue weighted by Gasteiger charge is -2.32. The number of amides is 3. The minimum absolute atomic E-state index is 0.0578. The van der Waals surface area contributed by atoms with Crippen molar-refractivity contribution in [1.29, 1.82) is 0 Å². The molecule has 3 aliphatic heterocycles. The van der Waals surface area contributed by atoms with Crippen LogP contribution in [0.15, 0.2) is 87.9 Å².